The van der Waals surface area contributed by atoms with Crippen LogP contribution in [0.4, 0.5) is 5.69 Å². The van der Waals surface area contributed by atoms with Crippen molar-refractivity contribution in [1.82, 2.24) is 5.32 Å². The van der Waals surface area contributed by atoms with Crippen LogP contribution in [-0.4, -0.2) is 32.1 Å². The molecule has 0 saturated heterocycles. The smallest absolute Gasteiger partial charge is 0.261 e. The molecule has 0 aliphatic heterocycles. The maximum atomic E-state index is 12.3. The van der Waals surface area contributed by atoms with Crippen LogP contribution in [0.25, 0.3) is 0 Å². The van der Waals surface area contributed by atoms with E-state index < -0.39 is 6.04 Å². The van der Waals surface area contributed by atoms with Gasteiger partial charge in [-0.05, 0) is 18.4 Å². The molecule has 1 aromatic heterocycles. The summed E-state index contributed by atoms with van der Waals surface area (Å²) in [7, 11) is 2.94. The number of rotatable bonds is 6. The number of ether oxygens (including phenoxy) is 2. The molecule has 0 bridgehead atoms. The molecule has 1 unspecified atom stereocenters. The standard InChI is InChI=1S/C16H17ClN2O4S/c1-9(18-16(21)14-5-4-6-24-14)15(20)19-11-8-12(22-2)10(17)7-13(11)23-3/h4-9H,1-3H3,(H,18,21)(H,19,20). The fourth-order valence-electron chi connectivity index (χ4n) is 1.94. The first kappa shape index (κ1) is 18.1. The van der Waals surface area contributed by atoms with Gasteiger partial charge in [-0.3, -0.25) is 9.59 Å². The minimum atomic E-state index is -0.731. The quantitative estimate of drug-likeness (QED) is 0.821. The van der Waals surface area contributed by atoms with E-state index in [1.807, 2.05) is 0 Å². The Labute approximate surface area is 148 Å². The second-order valence-corrected chi connectivity index (χ2v) is 6.20. The second-order valence-electron chi connectivity index (χ2n) is 4.85. The van der Waals surface area contributed by atoms with Crippen LogP contribution in [0.2, 0.25) is 5.02 Å². The van der Waals surface area contributed by atoms with Crippen molar-refractivity contribution in [3.05, 3.63) is 39.5 Å². The van der Waals surface area contributed by atoms with Gasteiger partial charge >= 0.3 is 0 Å². The molecule has 1 heterocycles. The summed E-state index contributed by atoms with van der Waals surface area (Å²) in [5.41, 5.74) is 0.404. The number of halogens is 1. The number of anilines is 1. The van der Waals surface area contributed by atoms with E-state index in [1.54, 1.807) is 36.6 Å². The van der Waals surface area contributed by atoms with E-state index in [2.05, 4.69) is 10.6 Å². The largest absolute Gasteiger partial charge is 0.495 e. The maximum Gasteiger partial charge on any atom is 0.261 e. The molecule has 0 aliphatic carbocycles. The van der Waals surface area contributed by atoms with E-state index in [1.165, 1.54) is 25.6 Å². The number of thiophene rings is 1. The summed E-state index contributed by atoms with van der Waals surface area (Å²) in [5, 5.41) is 7.50. The highest BCUT2D eigenvalue weighted by molar-refractivity contribution is 7.12. The average Bonchev–Trinajstić information content (AvgIpc) is 3.10. The van der Waals surface area contributed by atoms with Crippen molar-refractivity contribution in [2.75, 3.05) is 19.5 Å². The Morgan fingerprint density at radius 2 is 1.92 bits per heavy atom. The Morgan fingerprint density at radius 1 is 1.21 bits per heavy atom. The summed E-state index contributed by atoms with van der Waals surface area (Å²) in [6, 6.07) is 5.84. The summed E-state index contributed by atoms with van der Waals surface area (Å²) < 4.78 is 10.3. The van der Waals surface area contributed by atoms with E-state index in [4.69, 9.17) is 21.1 Å². The first-order valence-electron chi connectivity index (χ1n) is 7.03. The number of carbonyl (C=O) groups excluding carboxylic acids is 2. The molecule has 0 fully saturated rings. The normalized spacial score (nSPS) is 11.5. The number of hydrogen-bond acceptors (Lipinski definition) is 5. The average molecular weight is 369 g/mol. The first-order valence-corrected chi connectivity index (χ1v) is 8.28. The predicted molar refractivity (Wildman–Crippen MR) is 94.4 cm³/mol. The van der Waals surface area contributed by atoms with Crippen molar-refractivity contribution in [3.63, 3.8) is 0 Å². The SMILES string of the molecule is COc1cc(NC(=O)C(C)NC(=O)c2cccs2)c(OC)cc1Cl. The highest BCUT2D eigenvalue weighted by Gasteiger charge is 2.19. The molecule has 128 valence electrons. The molecule has 6 nitrogen and oxygen atoms in total. The topological polar surface area (TPSA) is 76.7 Å². The third-order valence-electron chi connectivity index (χ3n) is 3.22. The summed E-state index contributed by atoms with van der Waals surface area (Å²) >= 11 is 7.34. The summed E-state index contributed by atoms with van der Waals surface area (Å²) in [4.78, 5) is 24.9. The molecule has 24 heavy (non-hydrogen) atoms. The van der Waals surface area contributed by atoms with Gasteiger partial charge in [-0.15, -0.1) is 11.3 Å². The van der Waals surface area contributed by atoms with Crippen LogP contribution in [-0.2, 0) is 4.79 Å². The van der Waals surface area contributed by atoms with Crippen molar-refractivity contribution in [1.29, 1.82) is 0 Å². The molecule has 1 atom stereocenters. The monoisotopic (exact) mass is 368 g/mol. The Morgan fingerprint density at radius 3 is 2.50 bits per heavy atom. The van der Waals surface area contributed by atoms with Gasteiger partial charge in [0.15, 0.2) is 0 Å². The van der Waals surface area contributed by atoms with Gasteiger partial charge in [0.1, 0.15) is 17.5 Å². The van der Waals surface area contributed by atoms with Crippen LogP contribution in [0.5, 0.6) is 11.5 Å². The Hall–Kier alpha value is -2.25. The predicted octanol–water partition coefficient (Wildman–Crippen LogP) is 3.18. The van der Waals surface area contributed by atoms with Gasteiger partial charge in [-0.1, -0.05) is 17.7 Å². The molecule has 0 radical (unpaired) electrons. The second kappa shape index (κ2) is 8.03. The lowest BCUT2D eigenvalue weighted by atomic mass is 10.2. The molecule has 8 heteroatoms. The number of nitrogens with one attached hydrogen (secondary N) is 2. The number of carbonyl (C=O) groups is 2. The minimum absolute atomic E-state index is 0.298. The molecule has 2 rings (SSSR count). The van der Waals surface area contributed by atoms with Crippen LogP contribution in [0.1, 0.15) is 16.6 Å². The number of amides is 2. The van der Waals surface area contributed by atoms with Gasteiger partial charge in [-0.25, -0.2) is 0 Å². The fraction of sp³-hybridized carbons (Fsp3) is 0.250. The van der Waals surface area contributed by atoms with Crippen molar-refractivity contribution < 1.29 is 19.1 Å². The van der Waals surface area contributed by atoms with E-state index in [9.17, 15) is 9.59 Å². The zero-order chi connectivity index (χ0) is 17.7. The van der Waals surface area contributed by atoms with Crippen LogP contribution in [0, 0.1) is 0 Å². The van der Waals surface area contributed by atoms with Gasteiger partial charge in [-0.2, -0.15) is 0 Å². The molecular formula is C16H17ClN2O4S. The number of hydrogen-bond donors (Lipinski definition) is 2. The lowest BCUT2D eigenvalue weighted by Crippen LogP contribution is -2.41. The van der Waals surface area contributed by atoms with Crippen LogP contribution < -0.4 is 20.1 Å². The van der Waals surface area contributed by atoms with Crippen molar-refractivity contribution in [3.8, 4) is 11.5 Å². The molecule has 2 aromatic rings. The maximum absolute atomic E-state index is 12.3. The van der Waals surface area contributed by atoms with Crippen LogP contribution in [0.3, 0.4) is 0 Å². The highest BCUT2D eigenvalue weighted by Crippen LogP contribution is 2.35. The molecule has 2 amide bonds. The van der Waals surface area contributed by atoms with Gasteiger partial charge in [0, 0.05) is 12.1 Å². The third-order valence-corrected chi connectivity index (χ3v) is 4.38. The molecular weight excluding hydrogens is 352 g/mol. The van der Waals surface area contributed by atoms with E-state index in [0.29, 0.717) is 27.1 Å². The van der Waals surface area contributed by atoms with Crippen LogP contribution >= 0.6 is 22.9 Å². The lowest BCUT2D eigenvalue weighted by molar-refractivity contribution is -0.117. The van der Waals surface area contributed by atoms with Crippen molar-refractivity contribution in [2.24, 2.45) is 0 Å². The number of methoxy groups -OCH3 is 2. The van der Waals surface area contributed by atoms with E-state index in [-0.39, 0.29) is 11.8 Å². The van der Waals surface area contributed by atoms with Gasteiger partial charge in [0.2, 0.25) is 5.91 Å². The number of benzene rings is 1. The summed E-state index contributed by atoms with van der Waals surface area (Å²) in [6.07, 6.45) is 0. The fourth-order valence-corrected chi connectivity index (χ4v) is 2.80. The third kappa shape index (κ3) is 4.18. The molecule has 1 aromatic carbocycles. The van der Waals surface area contributed by atoms with E-state index >= 15 is 0 Å². The minimum Gasteiger partial charge on any atom is -0.495 e. The van der Waals surface area contributed by atoms with Gasteiger partial charge in [0.05, 0.1) is 29.8 Å². The summed E-state index contributed by atoms with van der Waals surface area (Å²) in [5.74, 6) is 0.116. The Bertz CT molecular complexity index is 734. The van der Waals surface area contributed by atoms with Gasteiger partial charge < -0.3 is 20.1 Å². The molecule has 2 N–H and O–H groups in total. The zero-order valence-electron chi connectivity index (χ0n) is 13.4. The molecule has 0 spiro atoms. The zero-order valence-corrected chi connectivity index (χ0v) is 15.0. The molecule has 0 aliphatic rings. The molecule has 0 saturated carbocycles. The first-order chi connectivity index (χ1) is 11.5. The van der Waals surface area contributed by atoms with E-state index in [0.717, 1.165) is 0 Å². The van der Waals surface area contributed by atoms with Gasteiger partial charge in [0.25, 0.3) is 5.91 Å². The van der Waals surface area contributed by atoms with Crippen molar-refractivity contribution >= 4 is 40.4 Å². The Balaban J connectivity index is 2.09. The van der Waals surface area contributed by atoms with Crippen LogP contribution in [0.15, 0.2) is 29.6 Å². The Kier molecular flexibility index (Phi) is 6.05. The van der Waals surface area contributed by atoms with Crippen molar-refractivity contribution in [2.45, 2.75) is 13.0 Å². The summed E-state index contributed by atoms with van der Waals surface area (Å²) in [6.45, 7) is 1.60. The highest BCUT2D eigenvalue weighted by atomic mass is 35.5. The lowest BCUT2D eigenvalue weighted by Gasteiger charge is -2.16.